The topological polar surface area (TPSA) is 79.0 Å². The number of carbonyl (C=O) groups is 2. The number of hydrogen-bond acceptors (Lipinski definition) is 4. The van der Waals surface area contributed by atoms with E-state index in [0.717, 1.165) is 37.7 Å². The number of Topliss-reactive ketones (excluding diaryl/α,β-unsaturated/α-hetero) is 1. The molecule has 0 aromatic rings. The predicted molar refractivity (Wildman–Crippen MR) is 138 cm³/mol. The van der Waals surface area contributed by atoms with E-state index in [2.05, 4.69) is 39.5 Å². The van der Waals surface area contributed by atoms with Crippen LogP contribution in [0.25, 0.3) is 4.85 Å². The van der Waals surface area contributed by atoms with Gasteiger partial charge in [0, 0.05) is 28.8 Å². The Morgan fingerprint density at radius 1 is 0.972 bits per heavy atom. The van der Waals surface area contributed by atoms with E-state index in [4.69, 9.17) is 6.57 Å². The van der Waals surface area contributed by atoms with Gasteiger partial charge < -0.3 is 15.0 Å². The van der Waals surface area contributed by atoms with Crippen molar-refractivity contribution in [3.8, 4) is 0 Å². The summed E-state index contributed by atoms with van der Waals surface area (Å²) in [6, 6.07) is 0. The van der Waals surface area contributed by atoms with Gasteiger partial charge in [-0.1, -0.05) is 60.1 Å². The average molecular weight is 494 g/mol. The highest BCUT2D eigenvalue weighted by Gasteiger charge is 2.75. The maximum atomic E-state index is 14.3. The van der Waals surface area contributed by atoms with E-state index in [1.165, 1.54) is 0 Å². The SMILES string of the molecule is [C-]#[N+]C1=C[C@]2(C)C3=CC(=O)[C@]4(O)[C@@H]5CC(C)(C)CC[C@]5(CO)CC[C@@]4(C)[C@]3(C)CC[C@H]2C(C)(C)C1=O. The normalized spacial score (nSPS) is 48.9. The summed E-state index contributed by atoms with van der Waals surface area (Å²) in [7, 11) is 0. The van der Waals surface area contributed by atoms with Gasteiger partial charge in [0.2, 0.25) is 5.70 Å². The molecule has 0 heterocycles. The highest BCUT2D eigenvalue weighted by Crippen LogP contribution is 2.75. The molecule has 196 valence electrons. The molecule has 5 nitrogen and oxygen atoms in total. The van der Waals surface area contributed by atoms with Gasteiger partial charge in [0.15, 0.2) is 11.6 Å². The summed E-state index contributed by atoms with van der Waals surface area (Å²) in [5.74, 6) is -0.668. The van der Waals surface area contributed by atoms with Crippen molar-refractivity contribution in [3.05, 3.63) is 34.8 Å². The number of nitrogens with zero attached hydrogens (tertiary/aromatic N) is 1. The highest BCUT2D eigenvalue weighted by molar-refractivity contribution is 6.04. The Hall–Kier alpha value is -1.77. The number of rotatable bonds is 1. The Morgan fingerprint density at radius 3 is 2.22 bits per heavy atom. The van der Waals surface area contributed by atoms with Gasteiger partial charge in [-0.05, 0) is 73.2 Å². The number of hydrogen-bond donors (Lipinski definition) is 2. The molecule has 3 fully saturated rings. The van der Waals surface area contributed by atoms with Gasteiger partial charge >= 0.3 is 0 Å². The molecule has 3 saturated carbocycles. The molecular weight excluding hydrogens is 450 g/mol. The van der Waals surface area contributed by atoms with Crippen molar-refractivity contribution in [2.45, 2.75) is 99.0 Å². The quantitative estimate of drug-likeness (QED) is 0.462. The molecule has 0 aromatic heterocycles. The molecule has 0 amide bonds. The van der Waals surface area contributed by atoms with Gasteiger partial charge in [-0.25, -0.2) is 4.85 Å². The monoisotopic (exact) mass is 493 g/mol. The first-order valence-electron chi connectivity index (χ1n) is 13.7. The molecular formula is C31H43NO4. The van der Waals surface area contributed by atoms with E-state index in [0.29, 0.717) is 12.8 Å². The van der Waals surface area contributed by atoms with Crippen molar-refractivity contribution in [2.24, 2.45) is 44.3 Å². The second-order valence-electron chi connectivity index (χ2n) is 14.9. The van der Waals surface area contributed by atoms with E-state index in [-0.39, 0.29) is 41.1 Å². The van der Waals surface area contributed by atoms with Gasteiger partial charge in [0.05, 0.1) is 6.57 Å². The molecule has 5 heteroatoms. The molecule has 0 spiro atoms. The maximum Gasteiger partial charge on any atom is 0.226 e. The zero-order valence-corrected chi connectivity index (χ0v) is 23.1. The first-order chi connectivity index (χ1) is 16.5. The van der Waals surface area contributed by atoms with Crippen LogP contribution in [-0.2, 0) is 9.59 Å². The number of aliphatic hydroxyl groups excluding tert-OH is 1. The van der Waals surface area contributed by atoms with Crippen LogP contribution in [0.15, 0.2) is 23.4 Å². The van der Waals surface area contributed by atoms with E-state index in [1.54, 1.807) is 6.08 Å². The molecule has 0 aromatic carbocycles. The lowest BCUT2D eigenvalue weighted by atomic mass is 9.33. The fourth-order valence-electron chi connectivity index (χ4n) is 9.99. The minimum absolute atomic E-state index is 0.000105. The van der Waals surface area contributed by atoms with E-state index in [9.17, 15) is 19.8 Å². The number of allylic oxidation sites excluding steroid dienone is 3. The molecule has 0 radical (unpaired) electrons. The fourth-order valence-corrected chi connectivity index (χ4v) is 9.99. The van der Waals surface area contributed by atoms with Crippen molar-refractivity contribution in [1.29, 1.82) is 0 Å². The molecule has 5 aliphatic carbocycles. The van der Waals surface area contributed by atoms with Crippen LogP contribution in [0.1, 0.15) is 93.4 Å². The largest absolute Gasteiger partial charge is 0.396 e. The summed E-state index contributed by atoms with van der Waals surface area (Å²) in [5.41, 5.74) is -3.33. The van der Waals surface area contributed by atoms with Gasteiger partial charge in [-0.2, -0.15) is 0 Å². The maximum absolute atomic E-state index is 14.3. The second-order valence-corrected chi connectivity index (χ2v) is 14.9. The van der Waals surface area contributed by atoms with Crippen molar-refractivity contribution >= 4 is 11.6 Å². The molecule has 0 bridgehead atoms. The van der Waals surface area contributed by atoms with Crippen LogP contribution >= 0.6 is 0 Å². The second kappa shape index (κ2) is 7.20. The summed E-state index contributed by atoms with van der Waals surface area (Å²) < 4.78 is 0. The Labute approximate surface area is 216 Å². The van der Waals surface area contributed by atoms with Crippen LogP contribution in [0.4, 0.5) is 0 Å². The van der Waals surface area contributed by atoms with Crippen molar-refractivity contribution in [3.63, 3.8) is 0 Å². The van der Waals surface area contributed by atoms with Crippen LogP contribution in [0.2, 0.25) is 0 Å². The smallest absolute Gasteiger partial charge is 0.226 e. The minimum atomic E-state index is -1.56. The Kier molecular flexibility index (Phi) is 5.17. The Balaban J connectivity index is 1.74. The average Bonchev–Trinajstić information content (AvgIpc) is 2.80. The lowest BCUT2D eigenvalue weighted by Gasteiger charge is -2.71. The first kappa shape index (κ1) is 25.9. The summed E-state index contributed by atoms with van der Waals surface area (Å²) in [6.45, 7) is 22.5. The third kappa shape index (κ3) is 2.73. The fraction of sp³-hybridized carbons (Fsp3) is 0.774. The number of carbonyl (C=O) groups excluding carboxylic acids is 2. The van der Waals surface area contributed by atoms with Crippen LogP contribution in [0, 0.1) is 50.9 Å². The molecule has 36 heavy (non-hydrogen) atoms. The van der Waals surface area contributed by atoms with Gasteiger partial charge in [-0.15, -0.1) is 0 Å². The molecule has 0 aliphatic heterocycles. The Bertz CT molecular complexity index is 1160. The van der Waals surface area contributed by atoms with Gasteiger partial charge in [-0.3, -0.25) is 4.79 Å². The zero-order valence-electron chi connectivity index (χ0n) is 23.1. The van der Waals surface area contributed by atoms with Crippen LogP contribution < -0.4 is 0 Å². The van der Waals surface area contributed by atoms with E-state index in [1.807, 2.05) is 19.9 Å². The third-order valence-electron chi connectivity index (χ3n) is 12.5. The summed E-state index contributed by atoms with van der Waals surface area (Å²) in [5, 5.41) is 23.4. The zero-order chi connectivity index (χ0) is 26.7. The first-order valence-corrected chi connectivity index (χ1v) is 13.7. The molecule has 0 unspecified atom stereocenters. The van der Waals surface area contributed by atoms with Crippen molar-refractivity contribution in [1.82, 2.24) is 0 Å². The van der Waals surface area contributed by atoms with E-state index < -0.39 is 32.7 Å². The molecule has 2 N–H and O–H groups in total. The lowest BCUT2D eigenvalue weighted by Crippen LogP contribution is -2.74. The van der Waals surface area contributed by atoms with Crippen LogP contribution in [0.3, 0.4) is 0 Å². The summed E-state index contributed by atoms with van der Waals surface area (Å²) in [6.07, 6.45) is 9.13. The number of fused-ring (bicyclic) bond motifs is 7. The number of aliphatic hydroxyl groups is 2. The van der Waals surface area contributed by atoms with E-state index >= 15 is 0 Å². The third-order valence-corrected chi connectivity index (χ3v) is 12.5. The lowest BCUT2D eigenvalue weighted by molar-refractivity contribution is -0.250. The molecule has 7 atom stereocenters. The van der Waals surface area contributed by atoms with Crippen molar-refractivity contribution in [2.75, 3.05) is 6.61 Å². The highest BCUT2D eigenvalue weighted by atomic mass is 16.3. The molecule has 0 saturated heterocycles. The molecule has 5 aliphatic rings. The van der Waals surface area contributed by atoms with Gasteiger partial charge in [0.1, 0.15) is 5.60 Å². The standard InChI is InChI=1S/C31H43NO4/c1-25(2)11-13-30(18-33)14-12-29(7)28(6)10-9-20-26(3,4)24(35)19(32-8)16-27(20,5)21(28)15-23(34)31(29,36)22(30)17-25/h15-16,20,22,33,36H,9-14,17-18H2,1-7H3/t20-,22+,27-,28+,29-,30+,31+/m0/s1. The summed E-state index contributed by atoms with van der Waals surface area (Å²) >= 11 is 0. The minimum Gasteiger partial charge on any atom is -0.396 e. The van der Waals surface area contributed by atoms with Crippen molar-refractivity contribution < 1.29 is 19.8 Å². The molecule has 5 rings (SSSR count). The van der Waals surface area contributed by atoms with Crippen LogP contribution in [-0.4, -0.2) is 34.0 Å². The van der Waals surface area contributed by atoms with Gasteiger partial charge in [0.25, 0.3) is 0 Å². The predicted octanol–water partition coefficient (Wildman–Crippen LogP) is 5.67. The Morgan fingerprint density at radius 2 is 1.61 bits per heavy atom. The number of ketones is 2. The summed E-state index contributed by atoms with van der Waals surface area (Å²) in [4.78, 5) is 31.1. The van der Waals surface area contributed by atoms with Crippen LogP contribution in [0.5, 0.6) is 0 Å².